The Bertz CT molecular complexity index is 384. The Morgan fingerprint density at radius 1 is 1.50 bits per heavy atom. The molecule has 0 saturated carbocycles. The first kappa shape index (κ1) is 14.4. The van der Waals surface area contributed by atoms with Crippen molar-refractivity contribution < 1.29 is 9.13 Å². The predicted molar refractivity (Wildman–Crippen MR) is 68.9 cm³/mol. The molecular formula is C12H19FN4O. The van der Waals surface area contributed by atoms with Gasteiger partial charge in [-0.2, -0.15) is 0 Å². The maximum absolute atomic E-state index is 13.3. The average Bonchev–Trinajstić information content (AvgIpc) is 2.38. The number of nitrogens with zero attached hydrogens (tertiary/aromatic N) is 2. The Morgan fingerprint density at radius 3 is 3.00 bits per heavy atom. The molecule has 0 aliphatic rings. The van der Waals surface area contributed by atoms with Gasteiger partial charge in [0.2, 0.25) is 0 Å². The number of aromatic nitrogens is 1. The number of pyridine rings is 1. The fourth-order valence-electron chi connectivity index (χ4n) is 1.30. The number of nitrogens with one attached hydrogen (secondary N) is 2. The third kappa shape index (κ3) is 5.09. The topological polar surface area (TPSA) is 58.5 Å². The fraction of sp³-hybridized carbons (Fsp3) is 0.500. The number of halogens is 1. The van der Waals surface area contributed by atoms with Gasteiger partial charge in [-0.3, -0.25) is 4.98 Å². The third-order valence-electron chi connectivity index (χ3n) is 2.16. The second kappa shape index (κ2) is 8.41. The molecule has 0 atom stereocenters. The first-order valence-corrected chi connectivity index (χ1v) is 5.88. The summed E-state index contributed by atoms with van der Waals surface area (Å²) in [5.74, 6) is 0.286. The quantitative estimate of drug-likeness (QED) is 0.450. The Kier molecular flexibility index (Phi) is 6.71. The summed E-state index contributed by atoms with van der Waals surface area (Å²) < 4.78 is 18.3. The molecule has 6 heteroatoms. The molecule has 1 heterocycles. The van der Waals surface area contributed by atoms with E-state index in [1.54, 1.807) is 19.4 Å². The van der Waals surface area contributed by atoms with Crippen LogP contribution in [-0.4, -0.2) is 37.7 Å². The summed E-state index contributed by atoms with van der Waals surface area (Å²) in [6, 6.07) is 2.94. The molecule has 1 rings (SSSR count). The number of rotatable bonds is 6. The summed E-state index contributed by atoms with van der Waals surface area (Å²) in [7, 11) is 1.63. The lowest BCUT2D eigenvalue weighted by atomic mass is 10.3. The Balaban J connectivity index is 2.56. The largest absolute Gasteiger partial charge is 0.383 e. The minimum atomic E-state index is -0.339. The SMILES string of the molecule is CCNC(=NCc1ncccc1F)NCCOC. The minimum absolute atomic E-state index is 0.203. The van der Waals surface area contributed by atoms with Gasteiger partial charge in [0.25, 0.3) is 0 Å². The van der Waals surface area contributed by atoms with Crippen molar-refractivity contribution in [3.8, 4) is 0 Å². The second-order valence-electron chi connectivity index (χ2n) is 3.55. The Morgan fingerprint density at radius 2 is 2.33 bits per heavy atom. The number of hydrogen-bond donors (Lipinski definition) is 2. The maximum Gasteiger partial charge on any atom is 0.191 e. The second-order valence-corrected chi connectivity index (χ2v) is 3.55. The van der Waals surface area contributed by atoms with E-state index in [2.05, 4.69) is 20.6 Å². The summed E-state index contributed by atoms with van der Waals surface area (Å²) in [6.45, 7) is 4.14. The summed E-state index contributed by atoms with van der Waals surface area (Å²) in [5.41, 5.74) is 0.335. The molecule has 18 heavy (non-hydrogen) atoms. The summed E-state index contributed by atoms with van der Waals surface area (Å²) >= 11 is 0. The van der Waals surface area contributed by atoms with Gasteiger partial charge in [-0.25, -0.2) is 9.38 Å². The van der Waals surface area contributed by atoms with Gasteiger partial charge in [0.1, 0.15) is 5.82 Å². The first-order valence-electron chi connectivity index (χ1n) is 5.88. The van der Waals surface area contributed by atoms with Crippen molar-refractivity contribution in [2.24, 2.45) is 4.99 Å². The minimum Gasteiger partial charge on any atom is -0.383 e. The molecule has 0 radical (unpaired) electrons. The van der Waals surface area contributed by atoms with E-state index in [0.717, 1.165) is 6.54 Å². The number of hydrogen-bond acceptors (Lipinski definition) is 3. The van der Waals surface area contributed by atoms with Crippen LogP contribution in [0.5, 0.6) is 0 Å². The number of ether oxygens (including phenoxy) is 1. The van der Waals surface area contributed by atoms with Crippen LogP contribution in [0.25, 0.3) is 0 Å². The van der Waals surface area contributed by atoms with E-state index >= 15 is 0 Å². The van der Waals surface area contributed by atoms with Gasteiger partial charge < -0.3 is 15.4 Å². The lowest BCUT2D eigenvalue weighted by Crippen LogP contribution is -2.38. The smallest absolute Gasteiger partial charge is 0.191 e. The molecule has 0 amide bonds. The zero-order chi connectivity index (χ0) is 13.2. The fourth-order valence-corrected chi connectivity index (χ4v) is 1.30. The van der Waals surface area contributed by atoms with Gasteiger partial charge in [-0.05, 0) is 19.1 Å². The molecule has 5 nitrogen and oxygen atoms in total. The highest BCUT2D eigenvalue weighted by Gasteiger charge is 2.02. The van der Waals surface area contributed by atoms with Crippen molar-refractivity contribution >= 4 is 5.96 Å². The van der Waals surface area contributed by atoms with E-state index in [4.69, 9.17) is 4.74 Å². The lowest BCUT2D eigenvalue weighted by Gasteiger charge is -2.10. The lowest BCUT2D eigenvalue weighted by molar-refractivity contribution is 0.203. The number of guanidine groups is 1. The highest BCUT2D eigenvalue weighted by Crippen LogP contribution is 2.03. The van der Waals surface area contributed by atoms with Crippen LogP contribution < -0.4 is 10.6 Å². The van der Waals surface area contributed by atoms with Crippen LogP contribution in [0.3, 0.4) is 0 Å². The van der Waals surface area contributed by atoms with Crippen molar-refractivity contribution in [2.45, 2.75) is 13.5 Å². The molecule has 0 aliphatic heterocycles. The molecule has 0 fully saturated rings. The first-order chi connectivity index (χ1) is 8.77. The number of methoxy groups -OCH3 is 1. The van der Waals surface area contributed by atoms with E-state index < -0.39 is 0 Å². The zero-order valence-electron chi connectivity index (χ0n) is 10.7. The predicted octanol–water partition coefficient (Wildman–Crippen LogP) is 0.922. The van der Waals surface area contributed by atoms with Crippen molar-refractivity contribution in [3.63, 3.8) is 0 Å². The van der Waals surface area contributed by atoms with Gasteiger partial charge in [-0.15, -0.1) is 0 Å². The average molecular weight is 254 g/mol. The van der Waals surface area contributed by atoms with Gasteiger partial charge in [0, 0.05) is 26.4 Å². The van der Waals surface area contributed by atoms with Crippen LogP contribution >= 0.6 is 0 Å². The molecule has 0 aromatic carbocycles. The van der Waals surface area contributed by atoms with E-state index in [1.165, 1.54) is 6.07 Å². The van der Waals surface area contributed by atoms with Crippen LogP contribution in [-0.2, 0) is 11.3 Å². The zero-order valence-corrected chi connectivity index (χ0v) is 10.7. The van der Waals surface area contributed by atoms with E-state index in [-0.39, 0.29) is 12.4 Å². The molecule has 0 unspecified atom stereocenters. The van der Waals surface area contributed by atoms with Crippen LogP contribution in [0, 0.1) is 5.82 Å². The summed E-state index contributed by atoms with van der Waals surface area (Å²) in [6.07, 6.45) is 1.55. The van der Waals surface area contributed by atoms with Crippen molar-refractivity contribution in [1.82, 2.24) is 15.6 Å². The van der Waals surface area contributed by atoms with Crippen LogP contribution in [0.4, 0.5) is 4.39 Å². The Hall–Kier alpha value is -1.69. The van der Waals surface area contributed by atoms with Crippen LogP contribution in [0.15, 0.2) is 23.3 Å². The molecule has 1 aromatic heterocycles. The Labute approximate surface area is 106 Å². The highest BCUT2D eigenvalue weighted by molar-refractivity contribution is 5.79. The standard InChI is InChI=1S/C12H19FN4O/c1-3-14-12(16-7-8-18-2)17-9-11-10(13)5-4-6-15-11/h4-6H,3,7-9H2,1-2H3,(H2,14,16,17). The summed E-state index contributed by atoms with van der Waals surface area (Å²) in [4.78, 5) is 8.20. The van der Waals surface area contributed by atoms with Gasteiger partial charge in [0.05, 0.1) is 18.8 Å². The van der Waals surface area contributed by atoms with E-state index in [1.807, 2.05) is 6.92 Å². The normalized spacial score (nSPS) is 11.4. The molecule has 0 spiro atoms. The summed E-state index contributed by atoms with van der Waals surface area (Å²) in [5, 5.41) is 6.14. The van der Waals surface area contributed by atoms with E-state index in [0.29, 0.717) is 24.8 Å². The van der Waals surface area contributed by atoms with Crippen molar-refractivity contribution in [1.29, 1.82) is 0 Å². The van der Waals surface area contributed by atoms with E-state index in [9.17, 15) is 4.39 Å². The van der Waals surface area contributed by atoms with Crippen LogP contribution in [0.1, 0.15) is 12.6 Å². The maximum atomic E-state index is 13.3. The van der Waals surface area contributed by atoms with Gasteiger partial charge >= 0.3 is 0 Å². The molecule has 0 aliphatic carbocycles. The highest BCUT2D eigenvalue weighted by atomic mass is 19.1. The number of aliphatic imine (C=N–C) groups is 1. The molecular weight excluding hydrogens is 235 g/mol. The van der Waals surface area contributed by atoms with Crippen molar-refractivity contribution in [3.05, 3.63) is 29.8 Å². The molecule has 1 aromatic rings. The molecule has 0 saturated heterocycles. The molecule has 0 bridgehead atoms. The van der Waals surface area contributed by atoms with Gasteiger partial charge in [-0.1, -0.05) is 0 Å². The van der Waals surface area contributed by atoms with Crippen LogP contribution in [0.2, 0.25) is 0 Å². The molecule has 2 N–H and O–H groups in total. The van der Waals surface area contributed by atoms with Crippen molar-refractivity contribution in [2.75, 3.05) is 26.8 Å². The monoisotopic (exact) mass is 254 g/mol. The third-order valence-corrected chi connectivity index (χ3v) is 2.16. The molecule has 100 valence electrons. The van der Waals surface area contributed by atoms with Gasteiger partial charge in [0.15, 0.2) is 5.96 Å².